The van der Waals surface area contributed by atoms with Crippen molar-refractivity contribution >= 4 is 11.5 Å². The molecular weight excluding hydrogens is 270 g/mol. The van der Waals surface area contributed by atoms with Gasteiger partial charge in [0, 0.05) is 36.6 Å². The zero-order valence-corrected chi connectivity index (χ0v) is 12.9. The number of nitro groups is 1. The Morgan fingerprint density at radius 1 is 1.52 bits per heavy atom. The highest BCUT2D eigenvalue weighted by Crippen LogP contribution is 2.54. The summed E-state index contributed by atoms with van der Waals surface area (Å²) in [5, 5.41) is 10.9. The van der Waals surface area contributed by atoms with Crippen LogP contribution in [0.15, 0.2) is 12.3 Å². The molecule has 21 heavy (non-hydrogen) atoms. The molecule has 3 atom stereocenters. The number of aryl methyl sites for hydroxylation is 1. The highest BCUT2D eigenvalue weighted by atomic mass is 16.6. The zero-order chi connectivity index (χ0) is 15.4. The van der Waals surface area contributed by atoms with Crippen molar-refractivity contribution in [3.63, 3.8) is 0 Å². The summed E-state index contributed by atoms with van der Waals surface area (Å²) in [6, 6.07) is 2.16. The third-order valence-electron chi connectivity index (χ3n) is 5.08. The second-order valence-electron chi connectivity index (χ2n) is 6.71. The van der Waals surface area contributed by atoms with E-state index in [1.807, 2.05) is 7.05 Å². The van der Waals surface area contributed by atoms with E-state index < -0.39 is 0 Å². The van der Waals surface area contributed by atoms with E-state index >= 15 is 0 Å². The molecule has 0 radical (unpaired) electrons. The summed E-state index contributed by atoms with van der Waals surface area (Å²) in [6.07, 6.45) is 2.76. The number of ether oxygens (including phenoxy) is 1. The molecule has 6 nitrogen and oxygen atoms in total. The van der Waals surface area contributed by atoms with Crippen molar-refractivity contribution in [2.75, 3.05) is 18.6 Å². The molecule has 2 aliphatic rings. The SMILES string of the molecule is Cc1cc(N(C)C2C3CCOC3C2(C)C)ncc1[N+](=O)[O-]. The fourth-order valence-electron chi connectivity index (χ4n) is 4.14. The van der Waals surface area contributed by atoms with Gasteiger partial charge in [-0.25, -0.2) is 4.98 Å². The summed E-state index contributed by atoms with van der Waals surface area (Å²) in [5.41, 5.74) is 0.795. The quantitative estimate of drug-likeness (QED) is 0.632. The number of anilines is 1. The van der Waals surface area contributed by atoms with Crippen LogP contribution >= 0.6 is 0 Å². The van der Waals surface area contributed by atoms with Crippen LogP contribution in [0, 0.1) is 28.4 Å². The molecular formula is C15H21N3O3. The van der Waals surface area contributed by atoms with E-state index in [4.69, 9.17) is 4.74 Å². The van der Waals surface area contributed by atoms with Crippen LogP contribution in [0.1, 0.15) is 25.8 Å². The molecule has 0 amide bonds. The number of nitrogens with zero attached hydrogens (tertiary/aromatic N) is 3. The van der Waals surface area contributed by atoms with E-state index in [9.17, 15) is 10.1 Å². The van der Waals surface area contributed by atoms with Crippen LogP contribution in [0.25, 0.3) is 0 Å². The molecule has 2 heterocycles. The van der Waals surface area contributed by atoms with Gasteiger partial charge in [-0.05, 0) is 19.4 Å². The van der Waals surface area contributed by atoms with Crippen molar-refractivity contribution in [2.45, 2.75) is 39.3 Å². The lowest BCUT2D eigenvalue weighted by Crippen LogP contribution is -2.66. The Morgan fingerprint density at radius 2 is 2.24 bits per heavy atom. The van der Waals surface area contributed by atoms with Crippen molar-refractivity contribution in [1.82, 2.24) is 4.98 Å². The van der Waals surface area contributed by atoms with Crippen LogP contribution in [0.3, 0.4) is 0 Å². The molecule has 1 aromatic heterocycles. The summed E-state index contributed by atoms with van der Waals surface area (Å²) in [5.74, 6) is 1.32. The Hall–Kier alpha value is -1.69. The molecule has 114 valence electrons. The molecule has 1 aromatic rings. The molecule has 2 fully saturated rings. The minimum atomic E-state index is -0.389. The third-order valence-corrected chi connectivity index (χ3v) is 5.08. The van der Waals surface area contributed by atoms with Gasteiger partial charge in [0.15, 0.2) is 0 Å². The first kappa shape index (κ1) is 14.3. The zero-order valence-electron chi connectivity index (χ0n) is 12.9. The van der Waals surface area contributed by atoms with E-state index in [2.05, 4.69) is 23.7 Å². The van der Waals surface area contributed by atoms with E-state index in [0.717, 1.165) is 18.8 Å². The van der Waals surface area contributed by atoms with Crippen molar-refractivity contribution in [2.24, 2.45) is 11.3 Å². The lowest BCUT2D eigenvalue weighted by Gasteiger charge is -2.58. The molecule has 1 saturated heterocycles. The van der Waals surface area contributed by atoms with Gasteiger partial charge in [-0.2, -0.15) is 0 Å². The van der Waals surface area contributed by atoms with Crippen LogP contribution in [-0.4, -0.2) is 35.7 Å². The fraction of sp³-hybridized carbons (Fsp3) is 0.667. The van der Waals surface area contributed by atoms with Gasteiger partial charge in [-0.1, -0.05) is 13.8 Å². The molecule has 1 aliphatic carbocycles. The van der Waals surface area contributed by atoms with Crippen molar-refractivity contribution in [3.8, 4) is 0 Å². The summed E-state index contributed by atoms with van der Waals surface area (Å²) < 4.78 is 5.82. The highest BCUT2D eigenvalue weighted by Gasteiger charge is 2.61. The number of hydrogen-bond acceptors (Lipinski definition) is 5. The second kappa shape index (κ2) is 4.66. The smallest absolute Gasteiger partial charge is 0.290 e. The summed E-state index contributed by atoms with van der Waals surface area (Å²) >= 11 is 0. The van der Waals surface area contributed by atoms with E-state index in [1.165, 1.54) is 6.20 Å². The molecule has 0 aromatic carbocycles. The van der Waals surface area contributed by atoms with E-state index in [0.29, 0.717) is 23.6 Å². The van der Waals surface area contributed by atoms with Crippen molar-refractivity contribution in [3.05, 3.63) is 27.9 Å². The van der Waals surface area contributed by atoms with Gasteiger partial charge >= 0.3 is 0 Å². The molecule has 0 spiro atoms. The lowest BCUT2D eigenvalue weighted by molar-refractivity contribution is -0.385. The molecule has 3 unspecified atom stereocenters. The average molecular weight is 291 g/mol. The Kier molecular flexibility index (Phi) is 3.16. The van der Waals surface area contributed by atoms with Gasteiger partial charge < -0.3 is 9.64 Å². The van der Waals surface area contributed by atoms with Crippen LogP contribution in [0.2, 0.25) is 0 Å². The van der Waals surface area contributed by atoms with Crippen LogP contribution < -0.4 is 4.90 Å². The first-order valence-corrected chi connectivity index (χ1v) is 7.29. The first-order chi connectivity index (χ1) is 9.84. The average Bonchev–Trinajstić information content (AvgIpc) is 2.84. The summed E-state index contributed by atoms with van der Waals surface area (Å²) in [7, 11) is 2.02. The predicted molar refractivity (Wildman–Crippen MR) is 79.4 cm³/mol. The summed E-state index contributed by atoms with van der Waals surface area (Å²) in [6.45, 7) is 7.03. The van der Waals surface area contributed by atoms with Gasteiger partial charge in [0.1, 0.15) is 12.0 Å². The molecule has 1 aliphatic heterocycles. The van der Waals surface area contributed by atoms with E-state index in [-0.39, 0.29) is 16.0 Å². The minimum Gasteiger partial charge on any atom is -0.377 e. The molecule has 6 heteroatoms. The summed E-state index contributed by atoms with van der Waals surface area (Å²) in [4.78, 5) is 16.9. The number of fused-ring (bicyclic) bond motifs is 1. The maximum absolute atomic E-state index is 10.9. The highest BCUT2D eigenvalue weighted by molar-refractivity contribution is 5.50. The number of pyridine rings is 1. The first-order valence-electron chi connectivity index (χ1n) is 7.29. The molecule has 1 saturated carbocycles. The minimum absolute atomic E-state index is 0.0714. The molecule has 0 N–H and O–H groups in total. The Bertz CT molecular complexity index is 588. The number of rotatable bonds is 3. The van der Waals surface area contributed by atoms with Gasteiger partial charge in [0.25, 0.3) is 5.69 Å². The van der Waals surface area contributed by atoms with Gasteiger partial charge in [-0.3, -0.25) is 10.1 Å². The van der Waals surface area contributed by atoms with Gasteiger partial charge in [0.2, 0.25) is 0 Å². The van der Waals surface area contributed by atoms with Crippen LogP contribution in [-0.2, 0) is 4.74 Å². The van der Waals surface area contributed by atoms with Crippen LogP contribution in [0.4, 0.5) is 11.5 Å². The molecule has 3 rings (SSSR count). The fourth-order valence-corrected chi connectivity index (χ4v) is 4.14. The second-order valence-corrected chi connectivity index (χ2v) is 6.71. The maximum atomic E-state index is 10.9. The van der Waals surface area contributed by atoms with Crippen molar-refractivity contribution < 1.29 is 9.66 Å². The Morgan fingerprint density at radius 3 is 2.86 bits per heavy atom. The van der Waals surface area contributed by atoms with Crippen molar-refractivity contribution in [1.29, 1.82) is 0 Å². The number of hydrogen-bond donors (Lipinski definition) is 0. The van der Waals surface area contributed by atoms with Gasteiger partial charge in [-0.15, -0.1) is 0 Å². The topological polar surface area (TPSA) is 68.5 Å². The Balaban J connectivity index is 1.87. The third kappa shape index (κ3) is 2.00. The van der Waals surface area contributed by atoms with Crippen LogP contribution in [0.5, 0.6) is 0 Å². The van der Waals surface area contributed by atoms with Gasteiger partial charge in [0.05, 0.1) is 11.0 Å². The monoisotopic (exact) mass is 291 g/mol. The maximum Gasteiger partial charge on any atom is 0.290 e. The predicted octanol–water partition coefficient (Wildman–Crippen LogP) is 2.55. The standard InChI is InChI=1S/C15H21N3O3/c1-9-7-12(16-8-11(9)18(19)20)17(4)13-10-5-6-21-14(10)15(13,2)3/h7-8,10,13-14H,5-6H2,1-4H3. The van der Waals surface area contributed by atoms with E-state index in [1.54, 1.807) is 13.0 Å². The number of aromatic nitrogens is 1. The lowest BCUT2D eigenvalue weighted by atomic mass is 9.57. The largest absolute Gasteiger partial charge is 0.377 e. The normalized spacial score (nSPS) is 29.6. The molecule has 0 bridgehead atoms. The Labute approximate surface area is 124 Å².